The Bertz CT molecular complexity index is 365. The third-order valence-electron chi connectivity index (χ3n) is 3.68. The number of rotatable bonds is 7. The molecule has 0 aliphatic rings. The van der Waals surface area contributed by atoms with Crippen LogP contribution in [0.5, 0.6) is 0 Å². The van der Waals surface area contributed by atoms with Crippen molar-refractivity contribution < 1.29 is 0 Å². The zero-order chi connectivity index (χ0) is 15.2. The molecule has 0 saturated heterocycles. The molecule has 2 heteroatoms. The lowest BCUT2D eigenvalue weighted by Crippen LogP contribution is -2.49. The van der Waals surface area contributed by atoms with Crippen molar-refractivity contribution in [3.8, 4) is 0 Å². The first kappa shape index (κ1) is 17.2. The lowest BCUT2D eigenvalue weighted by atomic mass is 10.1. The highest BCUT2D eigenvalue weighted by Crippen LogP contribution is 2.15. The van der Waals surface area contributed by atoms with E-state index in [9.17, 15) is 0 Å². The second kappa shape index (κ2) is 7.80. The number of hydrogen-bond donors (Lipinski definition) is 1. The van der Waals surface area contributed by atoms with Crippen LogP contribution in [-0.4, -0.2) is 29.1 Å². The summed E-state index contributed by atoms with van der Waals surface area (Å²) in [7, 11) is 0. The molecular formula is C18H32N2. The second-order valence-electron chi connectivity index (χ2n) is 6.94. The van der Waals surface area contributed by atoms with Crippen LogP contribution in [0.1, 0.15) is 53.5 Å². The van der Waals surface area contributed by atoms with E-state index in [1.807, 2.05) is 0 Å². The van der Waals surface area contributed by atoms with Gasteiger partial charge in [-0.25, -0.2) is 0 Å². The van der Waals surface area contributed by atoms with Crippen molar-refractivity contribution in [1.29, 1.82) is 0 Å². The van der Waals surface area contributed by atoms with E-state index in [1.165, 1.54) is 12.0 Å². The zero-order valence-corrected chi connectivity index (χ0v) is 14.1. The molecule has 0 bridgehead atoms. The van der Waals surface area contributed by atoms with Crippen molar-refractivity contribution in [2.45, 2.75) is 72.1 Å². The third-order valence-corrected chi connectivity index (χ3v) is 3.68. The first-order chi connectivity index (χ1) is 9.33. The predicted molar refractivity (Wildman–Crippen MR) is 89.0 cm³/mol. The van der Waals surface area contributed by atoms with Gasteiger partial charge in [0.25, 0.3) is 0 Å². The van der Waals surface area contributed by atoms with E-state index in [2.05, 4.69) is 82.1 Å². The van der Waals surface area contributed by atoms with Crippen molar-refractivity contribution in [3.05, 3.63) is 35.9 Å². The fourth-order valence-electron chi connectivity index (χ4n) is 2.45. The molecule has 0 heterocycles. The van der Waals surface area contributed by atoms with Crippen molar-refractivity contribution in [2.24, 2.45) is 0 Å². The summed E-state index contributed by atoms with van der Waals surface area (Å²) < 4.78 is 0. The topological polar surface area (TPSA) is 15.3 Å². The molecule has 1 atom stereocenters. The van der Waals surface area contributed by atoms with Crippen LogP contribution in [-0.2, 0) is 6.54 Å². The normalized spacial score (nSPS) is 14.0. The number of hydrogen-bond acceptors (Lipinski definition) is 2. The molecular weight excluding hydrogens is 244 g/mol. The molecule has 0 saturated carbocycles. The molecule has 0 spiro atoms. The Labute approximate surface area is 125 Å². The first-order valence-corrected chi connectivity index (χ1v) is 7.88. The molecule has 0 radical (unpaired) electrons. The van der Waals surface area contributed by atoms with Gasteiger partial charge >= 0.3 is 0 Å². The monoisotopic (exact) mass is 276 g/mol. The van der Waals surface area contributed by atoms with Crippen LogP contribution in [0.4, 0.5) is 0 Å². The van der Waals surface area contributed by atoms with E-state index in [0.29, 0.717) is 12.1 Å². The maximum Gasteiger partial charge on any atom is 0.0239 e. The Balaban J connectivity index is 2.72. The molecule has 20 heavy (non-hydrogen) atoms. The van der Waals surface area contributed by atoms with Crippen LogP contribution in [0.15, 0.2) is 30.3 Å². The van der Waals surface area contributed by atoms with Gasteiger partial charge in [-0.05, 0) is 46.6 Å². The minimum atomic E-state index is 0.183. The predicted octanol–water partition coefficient (Wildman–Crippen LogP) is 4.06. The van der Waals surface area contributed by atoms with Gasteiger partial charge in [0.1, 0.15) is 0 Å². The maximum absolute atomic E-state index is 3.65. The van der Waals surface area contributed by atoms with Crippen LogP contribution in [0.2, 0.25) is 0 Å². The Morgan fingerprint density at radius 1 is 1.10 bits per heavy atom. The molecule has 1 rings (SSSR count). The van der Waals surface area contributed by atoms with Crippen LogP contribution in [0.3, 0.4) is 0 Å². The summed E-state index contributed by atoms with van der Waals surface area (Å²) in [6.07, 6.45) is 1.17. The maximum atomic E-state index is 3.65. The van der Waals surface area contributed by atoms with Crippen LogP contribution in [0.25, 0.3) is 0 Å². The number of nitrogens with zero attached hydrogens (tertiary/aromatic N) is 1. The Morgan fingerprint density at radius 2 is 1.70 bits per heavy atom. The standard InChI is InChI=1S/C18H32N2/c1-7-17(13-19-18(4,5)6)20(15(2)3)14-16-11-9-8-10-12-16/h8-12,15,17,19H,7,13-14H2,1-6H3. The van der Waals surface area contributed by atoms with Crippen molar-refractivity contribution in [2.75, 3.05) is 6.54 Å². The van der Waals surface area contributed by atoms with Crippen LogP contribution >= 0.6 is 0 Å². The van der Waals surface area contributed by atoms with Gasteiger partial charge in [-0.1, -0.05) is 37.3 Å². The SMILES string of the molecule is CCC(CNC(C)(C)C)N(Cc1ccccc1)C(C)C. The Hall–Kier alpha value is -0.860. The summed E-state index contributed by atoms with van der Waals surface area (Å²) >= 11 is 0. The van der Waals surface area contributed by atoms with Gasteiger partial charge in [-0.15, -0.1) is 0 Å². The first-order valence-electron chi connectivity index (χ1n) is 7.88. The van der Waals surface area contributed by atoms with Gasteiger partial charge in [-0.3, -0.25) is 4.90 Å². The summed E-state index contributed by atoms with van der Waals surface area (Å²) in [5, 5.41) is 3.65. The Kier molecular flexibility index (Phi) is 6.70. The highest BCUT2D eigenvalue weighted by Gasteiger charge is 2.21. The Morgan fingerprint density at radius 3 is 2.15 bits per heavy atom. The molecule has 1 aromatic carbocycles. The lowest BCUT2D eigenvalue weighted by molar-refractivity contribution is 0.131. The summed E-state index contributed by atoms with van der Waals surface area (Å²) in [4.78, 5) is 2.61. The highest BCUT2D eigenvalue weighted by molar-refractivity contribution is 5.14. The number of benzene rings is 1. The minimum Gasteiger partial charge on any atom is -0.311 e. The van der Waals surface area contributed by atoms with E-state index < -0.39 is 0 Å². The van der Waals surface area contributed by atoms with Gasteiger partial charge < -0.3 is 5.32 Å². The molecule has 0 aliphatic carbocycles. The van der Waals surface area contributed by atoms with Gasteiger partial charge in [0, 0.05) is 30.7 Å². The quantitative estimate of drug-likeness (QED) is 0.808. The largest absolute Gasteiger partial charge is 0.311 e. The molecule has 0 aromatic heterocycles. The van der Waals surface area contributed by atoms with E-state index in [4.69, 9.17) is 0 Å². The van der Waals surface area contributed by atoms with E-state index in [0.717, 1.165) is 13.1 Å². The summed E-state index contributed by atoms with van der Waals surface area (Å²) in [5.74, 6) is 0. The lowest BCUT2D eigenvalue weighted by Gasteiger charge is -2.36. The van der Waals surface area contributed by atoms with Gasteiger partial charge in [0.2, 0.25) is 0 Å². The van der Waals surface area contributed by atoms with E-state index in [1.54, 1.807) is 0 Å². The average Bonchev–Trinajstić information content (AvgIpc) is 2.37. The van der Waals surface area contributed by atoms with E-state index in [-0.39, 0.29) is 5.54 Å². The van der Waals surface area contributed by atoms with Gasteiger partial charge in [0.05, 0.1) is 0 Å². The average molecular weight is 276 g/mol. The van der Waals surface area contributed by atoms with Crippen molar-refractivity contribution in [3.63, 3.8) is 0 Å². The van der Waals surface area contributed by atoms with Crippen molar-refractivity contribution in [1.82, 2.24) is 10.2 Å². The van der Waals surface area contributed by atoms with Crippen LogP contribution in [0, 0.1) is 0 Å². The summed E-state index contributed by atoms with van der Waals surface area (Å²) in [6.45, 7) is 15.7. The highest BCUT2D eigenvalue weighted by atomic mass is 15.2. The molecule has 114 valence electrons. The molecule has 1 N–H and O–H groups in total. The molecule has 1 aromatic rings. The minimum absolute atomic E-state index is 0.183. The molecule has 0 amide bonds. The summed E-state index contributed by atoms with van der Waals surface area (Å²) in [5.41, 5.74) is 1.58. The fourth-order valence-corrected chi connectivity index (χ4v) is 2.45. The third kappa shape index (κ3) is 6.06. The van der Waals surface area contributed by atoms with Crippen molar-refractivity contribution >= 4 is 0 Å². The number of nitrogens with one attached hydrogen (secondary N) is 1. The molecule has 1 unspecified atom stereocenters. The molecule has 2 nitrogen and oxygen atoms in total. The zero-order valence-electron chi connectivity index (χ0n) is 14.1. The van der Waals surface area contributed by atoms with Gasteiger partial charge in [-0.2, -0.15) is 0 Å². The molecule has 0 fully saturated rings. The van der Waals surface area contributed by atoms with Crippen LogP contribution < -0.4 is 5.32 Å². The second-order valence-corrected chi connectivity index (χ2v) is 6.94. The van der Waals surface area contributed by atoms with Gasteiger partial charge in [0.15, 0.2) is 0 Å². The molecule has 0 aliphatic heterocycles. The fraction of sp³-hybridized carbons (Fsp3) is 0.667. The summed E-state index contributed by atoms with van der Waals surface area (Å²) in [6, 6.07) is 11.9. The van der Waals surface area contributed by atoms with E-state index >= 15 is 0 Å². The smallest absolute Gasteiger partial charge is 0.0239 e.